The van der Waals surface area contributed by atoms with Crippen molar-refractivity contribution in [2.75, 3.05) is 12.3 Å². The fourth-order valence-electron chi connectivity index (χ4n) is 2.43. The summed E-state index contributed by atoms with van der Waals surface area (Å²) >= 11 is 9.94. The van der Waals surface area contributed by atoms with Crippen molar-refractivity contribution in [2.24, 2.45) is 5.73 Å². The maximum Gasteiger partial charge on any atom is 0.0409 e. The van der Waals surface area contributed by atoms with Crippen molar-refractivity contribution in [3.63, 3.8) is 0 Å². The molecule has 1 nitrogen and oxygen atoms in total. The third-order valence-electron chi connectivity index (χ3n) is 3.35. The third kappa shape index (κ3) is 3.01. The second kappa shape index (κ2) is 6.44. The molecular formula is C16H16ClNS2. The zero-order valence-corrected chi connectivity index (χ0v) is 13.4. The average Bonchev–Trinajstić information content (AvgIpc) is 2.61. The van der Waals surface area contributed by atoms with Crippen LogP contribution in [0.2, 0.25) is 5.02 Å². The van der Waals surface area contributed by atoms with Gasteiger partial charge in [-0.3, -0.25) is 0 Å². The molecule has 1 aliphatic rings. The average molecular weight is 322 g/mol. The van der Waals surface area contributed by atoms with Gasteiger partial charge in [-0.05, 0) is 41.8 Å². The lowest BCUT2D eigenvalue weighted by molar-refractivity contribution is 0.899. The summed E-state index contributed by atoms with van der Waals surface area (Å²) in [6.07, 6.45) is 1.02. The lowest BCUT2D eigenvalue weighted by atomic mass is 10.0. The Balaban J connectivity index is 2.02. The fourth-order valence-corrected chi connectivity index (χ4v) is 4.93. The first kappa shape index (κ1) is 14.3. The summed E-state index contributed by atoms with van der Waals surface area (Å²) in [5.41, 5.74) is 8.44. The molecule has 0 saturated carbocycles. The van der Waals surface area contributed by atoms with Crippen molar-refractivity contribution in [2.45, 2.75) is 21.5 Å². The smallest absolute Gasteiger partial charge is 0.0409 e. The molecule has 0 radical (unpaired) electrons. The molecule has 3 rings (SSSR count). The molecule has 0 aliphatic carbocycles. The van der Waals surface area contributed by atoms with Crippen LogP contribution in [0, 0.1) is 0 Å². The van der Waals surface area contributed by atoms with Gasteiger partial charge in [0, 0.05) is 32.4 Å². The Bertz CT molecular complexity index is 615. The minimum absolute atomic E-state index is 0.460. The van der Waals surface area contributed by atoms with Crippen LogP contribution in [0.1, 0.15) is 16.4 Å². The Morgan fingerprint density at radius 3 is 2.90 bits per heavy atom. The molecule has 2 aromatic carbocycles. The minimum atomic E-state index is 0.460. The lowest BCUT2D eigenvalue weighted by Crippen LogP contribution is -2.06. The van der Waals surface area contributed by atoms with Gasteiger partial charge in [-0.1, -0.05) is 41.6 Å². The van der Waals surface area contributed by atoms with E-state index in [0.717, 1.165) is 23.7 Å². The summed E-state index contributed by atoms with van der Waals surface area (Å²) in [5.74, 6) is 0.986. The highest BCUT2D eigenvalue weighted by Gasteiger charge is 2.22. The molecule has 0 fully saturated rings. The molecule has 20 heavy (non-hydrogen) atoms. The number of hydrogen-bond donors (Lipinski definition) is 1. The van der Waals surface area contributed by atoms with E-state index in [2.05, 4.69) is 36.4 Å². The van der Waals surface area contributed by atoms with E-state index in [0.29, 0.717) is 5.25 Å². The van der Waals surface area contributed by atoms with Gasteiger partial charge in [-0.15, -0.1) is 0 Å². The van der Waals surface area contributed by atoms with E-state index in [9.17, 15) is 0 Å². The predicted octanol–water partition coefficient (Wildman–Crippen LogP) is 4.78. The van der Waals surface area contributed by atoms with Crippen LogP contribution in [0.25, 0.3) is 0 Å². The molecule has 0 spiro atoms. The first-order valence-corrected chi connectivity index (χ1v) is 8.89. The van der Waals surface area contributed by atoms with Crippen LogP contribution in [0.5, 0.6) is 0 Å². The number of nitrogens with two attached hydrogens (primary N) is 1. The standard InChI is InChI=1S/C16H16ClNS2/c17-12-5-6-14-11(9-12)10-16(19-8-7-18)13-3-1-2-4-15(13)20-14/h1-6,9,16H,7-8,10,18H2/t16-/m0/s1. The minimum Gasteiger partial charge on any atom is -0.330 e. The highest BCUT2D eigenvalue weighted by atomic mass is 35.5. The van der Waals surface area contributed by atoms with Gasteiger partial charge in [-0.25, -0.2) is 0 Å². The maximum atomic E-state index is 6.16. The van der Waals surface area contributed by atoms with E-state index in [1.165, 1.54) is 20.9 Å². The van der Waals surface area contributed by atoms with Crippen LogP contribution in [0.4, 0.5) is 0 Å². The van der Waals surface area contributed by atoms with Crippen LogP contribution in [-0.2, 0) is 6.42 Å². The SMILES string of the molecule is NCCS[C@H]1Cc2cc(Cl)ccc2Sc2ccccc21. The predicted molar refractivity (Wildman–Crippen MR) is 90.0 cm³/mol. The van der Waals surface area contributed by atoms with Crippen LogP contribution >= 0.6 is 35.1 Å². The Hall–Kier alpha value is -0.610. The Morgan fingerprint density at radius 2 is 2.05 bits per heavy atom. The number of thioether (sulfide) groups is 1. The van der Waals surface area contributed by atoms with Crippen molar-refractivity contribution in [3.05, 3.63) is 58.6 Å². The lowest BCUT2D eigenvalue weighted by Gasteiger charge is -2.16. The Labute approximate surface area is 133 Å². The van der Waals surface area contributed by atoms with Gasteiger partial charge >= 0.3 is 0 Å². The first-order chi connectivity index (χ1) is 9.78. The van der Waals surface area contributed by atoms with Crippen molar-refractivity contribution in [3.8, 4) is 0 Å². The molecule has 1 aliphatic heterocycles. The van der Waals surface area contributed by atoms with Gasteiger partial charge < -0.3 is 5.73 Å². The van der Waals surface area contributed by atoms with Crippen LogP contribution < -0.4 is 5.73 Å². The summed E-state index contributed by atoms with van der Waals surface area (Å²) in [6.45, 7) is 0.721. The summed E-state index contributed by atoms with van der Waals surface area (Å²) in [5, 5.41) is 1.28. The normalized spacial score (nSPS) is 17.2. The van der Waals surface area contributed by atoms with Gasteiger partial charge in [0.2, 0.25) is 0 Å². The molecule has 2 aromatic rings. The van der Waals surface area contributed by atoms with Crippen LogP contribution in [0.3, 0.4) is 0 Å². The molecule has 2 N–H and O–H groups in total. The van der Waals surface area contributed by atoms with Crippen molar-refractivity contribution >= 4 is 35.1 Å². The topological polar surface area (TPSA) is 26.0 Å². The van der Waals surface area contributed by atoms with Crippen molar-refractivity contribution in [1.29, 1.82) is 0 Å². The monoisotopic (exact) mass is 321 g/mol. The molecule has 0 unspecified atom stereocenters. The first-order valence-electron chi connectivity index (χ1n) is 6.65. The number of halogens is 1. The second-order valence-electron chi connectivity index (χ2n) is 4.74. The van der Waals surface area contributed by atoms with E-state index in [-0.39, 0.29) is 0 Å². The number of benzene rings is 2. The fraction of sp³-hybridized carbons (Fsp3) is 0.250. The summed E-state index contributed by atoms with van der Waals surface area (Å²) < 4.78 is 0. The molecule has 4 heteroatoms. The van der Waals surface area contributed by atoms with E-state index in [1.807, 2.05) is 29.6 Å². The van der Waals surface area contributed by atoms with Crippen LogP contribution in [-0.4, -0.2) is 12.3 Å². The molecule has 1 heterocycles. The molecule has 104 valence electrons. The zero-order valence-electron chi connectivity index (χ0n) is 11.0. The van der Waals surface area contributed by atoms with Gasteiger partial charge in [0.05, 0.1) is 0 Å². The van der Waals surface area contributed by atoms with Crippen molar-refractivity contribution in [1.82, 2.24) is 0 Å². The summed E-state index contributed by atoms with van der Waals surface area (Å²) in [7, 11) is 0. The van der Waals surface area contributed by atoms with Gasteiger partial charge in [0.15, 0.2) is 0 Å². The molecule has 0 aromatic heterocycles. The largest absolute Gasteiger partial charge is 0.330 e. The summed E-state index contributed by atoms with van der Waals surface area (Å²) in [6, 6.07) is 14.9. The highest BCUT2D eigenvalue weighted by Crippen LogP contribution is 2.45. The number of fused-ring (bicyclic) bond motifs is 2. The maximum absolute atomic E-state index is 6.16. The van der Waals surface area contributed by atoms with Gasteiger partial charge in [-0.2, -0.15) is 11.8 Å². The van der Waals surface area contributed by atoms with E-state index < -0.39 is 0 Å². The quantitative estimate of drug-likeness (QED) is 0.881. The third-order valence-corrected chi connectivity index (χ3v) is 6.09. The summed E-state index contributed by atoms with van der Waals surface area (Å²) in [4.78, 5) is 2.67. The zero-order chi connectivity index (χ0) is 13.9. The molecule has 0 amide bonds. The number of hydrogen-bond acceptors (Lipinski definition) is 3. The molecule has 1 atom stereocenters. The van der Waals surface area contributed by atoms with Gasteiger partial charge in [0.25, 0.3) is 0 Å². The number of rotatable bonds is 3. The Morgan fingerprint density at radius 1 is 1.20 bits per heavy atom. The van der Waals surface area contributed by atoms with E-state index in [4.69, 9.17) is 17.3 Å². The van der Waals surface area contributed by atoms with Gasteiger partial charge in [0.1, 0.15) is 0 Å². The molecule has 0 saturated heterocycles. The van der Waals surface area contributed by atoms with E-state index in [1.54, 1.807) is 0 Å². The second-order valence-corrected chi connectivity index (χ2v) is 7.57. The van der Waals surface area contributed by atoms with E-state index >= 15 is 0 Å². The highest BCUT2D eigenvalue weighted by molar-refractivity contribution is 8.00. The molecule has 0 bridgehead atoms. The Kier molecular flexibility index (Phi) is 4.61. The molecular weight excluding hydrogens is 306 g/mol. The van der Waals surface area contributed by atoms with Crippen LogP contribution in [0.15, 0.2) is 52.3 Å². The van der Waals surface area contributed by atoms with Crippen molar-refractivity contribution < 1.29 is 0 Å².